The lowest BCUT2D eigenvalue weighted by atomic mass is 10.1. The van der Waals surface area contributed by atoms with E-state index >= 15 is 0 Å². The highest BCUT2D eigenvalue weighted by Gasteiger charge is 2.23. The van der Waals surface area contributed by atoms with Gasteiger partial charge in [0.2, 0.25) is 10.0 Å². The van der Waals surface area contributed by atoms with Gasteiger partial charge < -0.3 is 0 Å². The normalized spacial score (nSPS) is 11.6. The molecule has 156 valence electrons. The number of hydrogen-bond donors (Lipinski definition) is 0. The summed E-state index contributed by atoms with van der Waals surface area (Å²) in [5.74, 6) is 0. The van der Waals surface area contributed by atoms with Gasteiger partial charge in [-0.3, -0.25) is 4.79 Å². The van der Waals surface area contributed by atoms with Gasteiger partial charge in [-0.15, -0.1) is 6.58 Å². The lowest BCUT2D eigenvalue weighted by Gasteiger charge is -2.21. The van der Waals surface area contributed by atoms with Crippen molar-refractivity contribution >= 4 is 33.2 Å². The molecule has 0 aliphatic carbocycles. The molecule has 0 spiro atoms. The van der Waals surface area contributed by atoms with Crippen molar-refractivity contribution in [1.82, 2.24) is 14.1 Å². The zero-order valence-corrected chi connectivity index (χ0v) is 18.2. The lowest BCUT2D eigenvalue weighted by Crippen LogP contribution is -2.33. The van der Waals surface area contributed by atoms with Crippen LogP contribution < -0.4 is 5.56 Å². The molecular formula is C21H19Cl2N3O3S. The molecule has 0 saturated carbocycles. The predicted molar refractivity (Wildman–Crippen MR) is 119 cm³/mol. The zero-order chi connectivity index (χ0) is 21.7. The molecule has 6 nitrogen and oxygen atoms in total. The summed E-state index contributed by atoms with van der Waals surface area (Å²) in [6.45, 7) is 4.16. The SMILES string of the molecule is C=CCN(CCc1ccccc1)S(=O)(=O)c1ccc(-n2ncc(Cl)c(Cl)c2=O)cc1. The summed E-state index contributed by atoms with van der Waals surface area (Å²) in [7, 11) is -3.75. The average Bonchev–Trinajstić information content (AvgIpc) is 2.76. The van der Waals surface area contributed by atoms with Crippen molar-refractivity contribution in [3.63, 3.8) is 0 Å². The Hall–Kier alpha value is -2.45. The standard InChI is InChI=1S/C21H19Cl2N3O3S/c1-2-13-25(14-12-16-6-4-3-5-7-16)30(28,29)18-10-8-17(9-11-18)26-21(27)20(23)19(22)15-24-26/h2-11,15H,1,12-14H2. The highest BCUT2D eigenvalue weighted by Crippen LogP contribution is 2.20. The van der Waals surface area contributed by atoms with Crippen LogP contribution in [0.1, 0.15) is 5.56 Å². The van der Waals surface area contributed by atoms with Crippen LogP contribution in [0.25, 0.3) is 5.69 Å². The summed E-state index contributed by atoms with van der Waals surface area (Å²) < 4.78 is 28.6. The molecule has 0 saturated heterocycles. The molecule has 0 radical (unpaired) electrons. The Labute approximate surface area is 185 Å². The number of halogens is 2. The van der Waals surface area contributed by atoms with E-state index in [-0.39, 0.29) is 21.5 Å². The third-order valence-corrected chi connectivity index (χ3v) is 7.05. The van der Waals surface area contributed by atoms with E-state index in [1.54, 1.807) is 6.08 Å². The van der Waals surface area contributed by atoms with E-state index in [0.717, 1.165) is 10.2 Å². The number of sulfonamides is 1. The topological polar surface area (TPSA) is 72.3 Å². The van der Waals surface area contributed by atoms with E-state index in [1.165, 1.54) is 34.8 Å². The fourth-order valence-electron chi connectivity index (χ4n) is 2.86. The fourth-order valence-corrected chi connectivity index (χ4v) is 4.52. The van der Waals surface area contributed by atoms with Crippen LogP contribution in [0.15, 0.2) is 83.1 Å². The average molecular weight is 464 g/mol. The Morgan fingerprint density at radius 3 is 2.37 bits per heavy atom. The molecule has 0 amide bonds. The molecule has 0 aliphatic heterocycles. The molecular weight excluding hydrogens is 445 g/mol. The van der Waals surface area contributed by atoms with Crippen molar-refractivity contribution in [2.75, 3.05) is 13.1 Å². The Morgan fingerprint density at radius 1 is 1.07 bits per heavy atom. The van der Waals surface area contributed by atoms with Crippen molar-refractivity contribution in [2.24, 2.45) is 0 Å². The van der Waals surface area contributed by atoms with Crippen LogP contribution in [0, 0.1) is 0 Å². The van der Waals surface area contributed by atoms with E-state index in [2.05, 4.69) is 11.7 Å². The minimum atomic E-state index is -3.75. The van der Waals surface area contributed by atoms with Crippen molar-refractivity contribution in [1.29, 1.82) is 0 Å². The first kappa shape index (κ1) is 22.2. The van der Waals surface area contributed by atoms with E-state index in [1.807, 2.05) is 30.3 Å². The fraction of sp³-hybridized carbons (Fsp3) is 0.143. The van der Waals surface area contributed by atoms with Crippen molar-refractivity contribution < 1.29 is 8.42 Å². The Balaban J connectivity index is 1.86. The molecule has 0 fully saturated rings. The van der Waals surface area contributed by atoms with E-state index in [0.29, 0.717) is 18.7 Å². The number of hydrogen-bond acceptors (Lipinski definition) is 4. The van der Waals surface area contributed by atoms with Gasteiger partial charge >= 0.3 is 0 Å². The zero-order valence-electron chi connectivity index (χ0n) is 15.9. The molecule has 0 aliphatic rings. The maximum atomic E-state index is 13.1. The monoisotopic (exact) mass is 463 g/mol. The van der Waals surface area contributed by atoms with Gasteiger partial charge in [-0.05, 0) is 36.2 Å². The van der Waals surface area contributed by atoms with E-state index < -0.39 is 15.6 Å². The summed E-state index contributed by atoms with van der Waals surface area (Å²) >= 11 is 11.7. The lowest BCUT2D eigenvalue weighted by molar-refractivity contribution is 0.445. The molecule has 0 N–H and O–H groups in total. The molecule has 2 aromatic carbocycles. The van der Waals surface area contributed by atoms with Crippen molar-refractivity contribution in [3.8, 4) is 5.69 Å². The number of aromatic nitrogens is 2. The molecule has 0 bridgehead atoms. The molecule has 9 heteroatoms. The first-order valence-corrected chi connectivity index (χ1v) is 11.2. The van der Waals surface area contributed by atoms with Crippen LogP contribution in [0.5, 0.6) is 0 Å². The summed E-state index contributed by atoms with van der Waals surface area (Å²) in [4.78, 5) is 12.3. The molecule has 3 aromatic rings. The Kier molecular flexibility index (Phi) is 7.10. The van der Waals surface area contributed by atoms with Gasteiger partial charge in [-0.2, -0.15) is 14.1 Å². The third-order valence-electron chi connectivity index (χ3n) is 4.42. The second kappa shape index (κ2) is 9.57. The molecule has 1 heterocycles. The van der Waals surface area contributed by atoms with Crippen LogP contribution in [0.4, 0.5) is 0 Å². The molecule has 1 aromatic heterocycles. The predicted octanol–water partition coefficient (Wildman–Crippen LogP) is 3.96. The maximum absolute atomic E-state index is 13.1. The molecule has 0 unspecified atom stereocenters. The van der Waals surface area contributed by atoms with Crippen LogP contribution in [0.2, 0.25) is 10.0 Å². The minimum absolute atomic E-state index is 0.0515. The summed E-state index contributed by atoms with van der Waals surface area (Å²) in [6, 6.07) is 15.5. The summed E-state index contributed by atoms with van der Waals surface area (Å²) in [6.07, 6.45) is 3.38. The second-order valence-electron chi connectivity index (χ2n) is 6.40. The Bertz CT molecular complexity index is 1190. The molecule has 0 atom stereocenters. The minimum Gasteiger partial charge on any atom is -0.266 e. The van der Waals surface area contributed by atoms with Gasteiger partial charge in [-0.25, -0.2) is 8.42 Å². The number of rotatable bonds is 8. The molecule has 30 heavy (non-hydrogen) atoms. The smallest absolute Gasteiger partial charge is 0.266 e. The van der Waals surface area contributed by atoms with Crippen molar-refractivity contribution in [3.05, 3.63) is 99.4 Å². The third kappa shape index (κ3) is 4.82. The largest absolute Gasteiger partial charge is 0.291 e. The van der Waals surface area contributed by atoms with Crippen LogP contribution in [-0.4, -0.2) is 35.6 Å². The maximum Gasteiger partial charge on any atom is 0.291 e. The van der Waals surface area contributed by atoms with Crippen LogP contribution in [-0.2, 0) is 16.4 Å². The van der Waals surface area contributed by atoms with Gasteiger partial charge in [0.05, 0.1) is 21.8 Å². The number of benzene rings is 2. The first-order valence-electron chi connectivity index (χ1n) is 9.03. The Morgan fingerprint density at radius 2 is 1.73 bits per heavy atom. The van der Waals surface area contributed by atoms with Crippen LogP contribution >= 0.6 is 23.2 Å². The van der Waals surface area contributed by atoms with Gasteiger partial charge in [0, 0.05) is 13.1 Å². The van der Waals surface area contributed by atoms with Gasteiger partial charge in [0.15, 0.2) is 0 Å². The van der Waals surface area contributed by atoms with Gasteiger partial charge in [0.25, 0.3) is 5.56 Å². The van der Waals surface area contributed by atoms with E-state index in [9.17, 15) is 13.2 Å². The van der Waals surface area contributed by atoms with Gasteiger partial charge in [-0.1, -0.05) is 59.6 Å². The summed E-state index contributed by atoms with van der Waals surface area (Å²) in [5.41, 5.74) is 0.829. The van der Waals surface area contributed by atoms with Crippen molar-refractivity contribution in [2.45, 2.75) is 11.3 Å². The highest BCUT2D eigenvalue weighted by atomic mass is 35.5. The molecule has 3 rings (SSSR count). The number of nitrogens with zero attached hydrogens (tertiary/aromatic N) is 3. The highest BCUT2D eigenvalue weighted by molar-refractivity contribution is 7.89. The second-order valence-corrected chi connectivity index (χ2v) is 9.13. The van der Waals surface area contributed by atoms with E-state index in [4.69, 9.17) is 23.2 Å². The quantitative estimate of drug-likeness (QED) is 0.473. The first-order chi connectivity index (χ1) is 14.3. The summed E-state index contributed by atoms with van der Waals surface area (Å²) in [5, 5.41) is 3.84. The van der Waals surface area contributed by atoms with Gasteiger partial charge in [0.1, 0.15) is 5.02 Å². The van der Waals surface area contributed by atoms with Crippen LogP contribution in [0.3, 0.4) is 0 Å².